The summed E-state index contributed by atoms with van der Waals surface area (Å²) in [5.74, 6) is 1.25. The quantitative estimate of drug-likeness (QED) is 0.809. The first-order valence-corrected chi connectivity index (χ1v) is 9.11. The zero-order valence-corrected chi connectivity index (χ0v) is 16.0. The van der Waals surface area contributed by atoms with Gasteiger partial charge in [-0.25, -0.2) is 9.97 Å². The van der Waals surface area contributed by atoms with Gasteiger partial charge in [-0.15, -0.1) is 0 Å². The lowest BCUT2D eigenvalue weighted by molar-refractivity contribution is 0.0947. The summed E-state index contributed by atoms with van der Waals surface area (Å²) in [6.45, 7) is 5.59. The van der Waals surface area contributed by atoms with Gasteiger partial charge in [0, 0.05) is 24.3 Å². The van der Waals surface area contributed by atoms with Gasteiger partial charge in [-0.3, -0.25) is 4.79 Å². The molecule has 6 heteroatoms. The molecule has 1 N–H and O–H groups in total. The lowest BCUT2D eigenvalue weighted by Gasteiger charge is -2.24. The number of hydrogen-bond donors (Lipinski definition) is 1. The molecule has 1 aromatic carbocycles. The van der Waals surface area contributed by atoms with E-state index in [1.807, 2.05) is 27.1 Å². The molecule has 1 aliphatic rings. The van der Waals surface area contributed by atoms with Gasteiger partial charge in [-0.05, 0) is 59.0 Å². The molecular formula is C20H27N5O. The lowest BCUT2D eigenvalue weighted by atomic mass is 10.1. The number of carbonyl (C=O) groups is 1. The van der Waals surface area contributed by atoms with Crippen LogP contribution in [0.1, 0.15) is 35.2 Å². The average molecular weight is 353 g/mol. The highest BCUT2D eigenvalue weighted by Gasteiger charge is 2.28. The molecule has 1 amide bonds. The maximum absolute atomic E-state index is 12.5. The summed E-state index contributed by atoms with van der Waals surface area (Å²) in [6, 6.07) is 10.5. The van der Waals surface area contributed by atoms with E-state index in [-0.39, 0.29) is 5.91 Å². The number of amides is 1. The van der Waals surface area contributed by atoms with E-state index in [2.05, 4.69) is 50.2 Å². The van der Waals surface area contributed by atoms with E-state index in [0.29, 0.717) is 24.1 Å². The summed E-state index contributed by atoms with van der Waals surface area (Å²) >= 11 is 0. The molecule has 1 atom stereocenters. The predicted molar refractivity (Wildman–Crippen MR) is 104 cm³/mol. The zero-order valence-electron chi connectivity index (χ0n) is 16.0. The monoisotopic (exact) mass is 353 g/mol. The SMILES string of the molecule is Cc1nc(C(=O)NCCCN(C)C)cc(N2c3ccccc3CC2C)n1. The normalized spacial score (nSPS) is 16.0. The fourth-order valence-corrected chi connectivity index (χ4v) is 3.39. The Bertz CT molecular complexity index is 790. The summed E-state index contributed by atoms with van der Waals surface area (Å²) in [6.07, 6.45) is 1.89. The molecule has 138 valence electrons. The number of rotatable bonds is 6. The second-order valence-electron chi connectivity index (χ2n) is 7.12. The number of nitrogens with zero attached hydrogens (tertiary/aromatic N) is 4. The number of nitrogens with one attached hydrogen (secondary N) is 1. The summed E-state index contributed by atoms with van der Waals surface area (Å²) in [7, 11) is 4.05. The number of benzene rings is 1. The third-order valence-corrected chi connectivity index (χ3v) is 4.58. The second-order valence-corrected chi connectivity index (χ2v) is 7.12. The Kier molecular flexibility index (Phi) is 5.52. The van der Waals surface area contributed by atoms with Crippen molar-refractivity contribution in [3.8, 4) is 0 Å². The Morgan fingerprint density at radius 3 is 2.85 bits per heavy atom. The first kappa shape index (κ1) is 18.3. The van der Waals surface area contributed by atoms with Crippen LogP contribution in [0, 0.1) is 6.92 Å². The first-order chi connectivity index (χ1) is 12.5. The van der Waals surface area contributed by atoms with Crippen molar-refractivity contribution in [1.29, 1.82) is 0 Å². The molecule has 1 aliphatic heterocycles. The van der Waals surface area contributed by atoms with Gasteiger partial charge >= 0.3 is 0 Å². The van der Waals surface area contributed by atoms with Crippen LogP contribution < -0.4 is 10.2 Å². The van der Waals surface area contributed by atoms with E-state index >= 15 is 0 Å². The molecule has 26 heavy (non-hydrogen) atoms. The highest BCUT2D eigenvalue weighted by molar-refractivity contribution is 5.93. The van der Waals surface area contributed by atoms with Crippen LogP contribution in [0.4, 0.5) is 11.5 Å². The van der Waals surface area contributed by atoms with Gasteiger partial charge in [0.15, 0.2) is 0 Å². The number of para-hydroxylation sites is 1. The smallest absolute Gasteiger partial charge is 0.270 e. The van der Waals surface area contributed by atoms with Gasteiger partial charge in [0.1, 0.15) is 17.3 Å². The standard InChI is InChI=1S/C20H27N5O/c1-14-12-16-8-5-6-9-18(16)25(14)19-13-17(22-15(2)23-19)20(26)21-10-7-11-24(3)4/h5-6,8-9,13-14H,7,10-12H2,1-4H3,(H,21,26). The number of carbonyl (C=O) groups excluding carboxylic acids is 1. The Hall–Kier alpha value is -2.47. The molecule has 0 bridgehead atoms. The van der Waals surface area contributed by atoms with Crippen molar-refractivity contribution in [2.75, 3.05) is 32.1 Å². The van der Waals surface area contributed by atoms with E-state index in [4.69, 9.17) is 0 Å². The van der Waals surface area contributed by atoms with Crippen molar-refractivity contribution in [2.45, 2.75) is 32.7 Å². The van der Waals surface area contributed by atoms with Crippen LogP contribution in [0.3, 0.4) is 0 Å². The molecule has 2 aromatic rings. The van der Waals surface area contributed by atoms with Crippen LogP contribution in [-0.2, 0) is 6.42 Å². The molecule has 1 unspecified atom stereocenters. The fraction of sp³-hybridized carbons (Fsp3) is 0.450. The molecular weight excluding hydrogens is 326 g/mol. The van der Waals surface area contributed by atoms with Gasteiger partial charge in [0.05, 0.1) is 0 Å². The van der Waals surface area contributed by atoms with Crippen molar-refractivity contribution < 1.29 is 4.79 Å². The maximum Gasteiger partial charge on any atom is 0.270 e. The molecule has 0 fully saturated rings. The van der Waals surface area contributed by atoms with Crippen LogP contribution in [0.5, 0.6) is 0 Å². The highest BCUT2D eigenvalue weighted by Crippen LogP contribution is 2.37. The summed E-state index contributed by atoms with van der Waals surface area (Å²) in [4.78, 5) is 25.7. The summed E-state index contributed by atoms with van der Waals surface area (Å²) in [5, 5.41) is 2.96. The number of hydrogen-bond acceptors (Lipinski definition) is 5. The van der Waals surface area contributed by atoms with Gasteiger partial charge < -0.3 is 15.1 Å². The van der Waals surface area contributed by atoms with Crippen LogP contribution in [0.2, 0.25) is 0 Å². The molecule has 0 aliphatic carbocycles. The van der Waals surface area contributed by atoms with E-state index in [1.165, 1.54) is 5.56 Å². The third kappa shape index (κ3) is 4.02. The topological polar surface area (TPSA) is 61.4 Å². The number of aryl methyl sites for hydroxylation is 1. The van der Waals surface area contributed by atoms with Gasteiger partial charge in [0.2, 0.25) is 0 Å². The highest BCUT2D eigenvalue weighted by atomic mass is 16.1. The van der Waals surface area contributed by atoms with E-state index in [9.17, 15) is 4.79 Å². The van der Waals surface area contributed by atoms with Gasteiger partial charge in [-0.2, -0.15) is 0 Å². The minimum absolute atomic E-state index is 0.143. The van der Waals surface area contributed by atoms with Gasteiger partial charge in [0.25, 0.3) is 5.91 Å². The maximum atomic E-state index is 12.5. The fourth-order valence-electron chi connectivity index (χ4n) is 3.39. The minimum Gasteiger partial charge on any atom is -0.351 e. The third-order valence-electron chi connectivity index (χ3n) is 4.58. The molecule has 0 radical (unpaired) electrons. The largest absolute Gasteiger partial charge is 0.351 e. The Morgan fingerprint density at radius 2 is 2.08 bits per heavy atom. The van der Waals surface area contributed by atoms with Crippen molar-refractivity contribution in [3.05, 3.63) is 47.4 Å². The van der Waals surface area contributed by atoms with Crippen molar-refractivity contribution in [2.24, 2.45) is 0 Å². The van der Waals surface area contributed by atoms with Crippen LogP contribution in [-0.4, -0.2) is 54.0 Å². The average Bonchev–Trinajstić information content (AvgIpc) is 2.93. The Labute approximate surface area is 155 Å². The molecule has 1 aromatic heterocycles. The van der Waals surface area contributed by atoms with E-state index in [1.54, 1.807) is 6.07 Å². The van der Waals surface area contributed by atoms with E-state index < -0.39 is 0 Å². The minimum atomic E-state index is -0.143. The number of aromatic nitrogens is 2. The molecule has 0 spiro atoms. The molecule has 3 rings (SSSR count). The van der Waals surface area contributed by atoms with Gasteiger partial charge in [-0.1, -0.05) is 18.2 Å². The molecule has 2 heterocycles. The summed E-state index contributed by atoms with van der Waals surface area (Å²) < 4.78 is 0. The molecule has 6 nitrogen and oxygen atoms in total. The Morgan fingerprint density at radius 1 is 1.31 bits per heavy atom. The van der Waals surface area contributed by atoms with Crippen molar-refractivity contribution in [3.63, 3.8) is 0 Å². The second kappa shape index (κ2) is 7.83. The first-order valence-electron chi connectivity index (χ1n) is 9.11. The summed E-state index contributed by atoms with van der Waals surface area (Å²) in [5.41, 5.74) is 2.90. The van der Waals surface area contributed by atoms with E-state index in [0.717, 1.165) is 30.9 Å². The molecule has 0 saturated heterocycles. The Balaban J connectivity index is 1.79. The van der Waals surface area contributed by atoms with Crippen molar-refractivity contribution in [1.82, 2.24) is 20.2 Å². The number of anilines is 2. The van der Waals surface area contributed by atoms with Crippen LogP contribution in [0.15, 0.2) is 30.3 Å². The number of fused-ring (bicyclic) bond motifs is 1. The lowest BCUT2D eigenvalue weighted by Crippen LogP contribution is -2.29. The van der Waals surface area contributed by atoms with Crippen LogP contribution >= 0.6 is 0 Å². The van der Waals surface area contributed by atoms with Crippen molar-refractivity contribution >= 4 is 17.4 Å². The molecule has 0 saturated carbocycles. The zero-order chi connectivity index (χ0) is 18.7. The predicted octanol–water partition coefficient (Wildman–Crippen LogP) is 2.55. The van der Waals surface area contributed by atoms with Crippen LogP contribution in [0.25, 0.3) is 0 Å².